The van der Waals surface area contributed by atoms with Gasteiger partial charge < -0.3 is 0 Å². The minimum Gasteiger partial charge on any atom is -0.173 e. The molecule has 1 aromatic rings. The summed E-state index contributed by atoms with van der Waals surface area (Å²) in [5.41, 5.74) is -1.10. The van der Waals surface area contributed by atoms with Gasteiger partial charge >= 0.3 is 6.18 Å². The summed E-state index contributed by atoms with van der Waals surface area (Å²) in [4.78, 5) is 0. The molecular weight excluding hydrogens is 203 g/mol. The fraction of sp³-hybridized carbons (Fsp3) is 0.111. The van der Waals surface area contributed by atoms with Gasteiger partial charge in [0.2, 0.25) is 0 Å². The predicted octanol–water partition coefficient (Wildman–Crippen LogP) is 3.94. The standard InChI is InChI=1S/C9H5F5/c10-8(11)5-6-2-1-3-7(4-6)9(12,13)14/h1-5H. The first kappa shape index (κ1) is 10.7. The molecule has 0 nitrogen and oxygen atoms in total. The molecule has 0 radical (unpaired) electrons. The zero-order chi connectivity index (χ0) is 10.8. The van der Waals surface area contributed by atoms with Gasteiger partial charge in [0, 0.05) is 6.08 Å². The largest absolute Gasteiger partial charge is 0.416 e. The molecule has 0 aliphatic rings. The van der Waals surface area contributed by atoms with Crippen LogP contribution in [0.5, 0.6) is 0 Å². The highest BCUT2D eigenvalue weighted by Crippen LogP contribution is 2.29. The predicted molar refractivity (Wildman–Crippen MR) is 41.6 cm³/mol. The van der Waals surface area contributed by atoms with E-state index in [0.717, 1.165) is 12.1 Å². The molecule has 0 unspecified atom stereocenters. The molecule has 0 N–H and O–H groups in total. The number of benzene rings is 1. The first-order valence-electron chi connectivity index (χ1n) is 3.59. The molecule has 0 spiro atoms. The Hall–Kier alpha value is -1.39. The average Bonchev–Trinajstić information content (AvgIpc) is 2.01. The van der Waals surface area contributed by atoms with Gasteiger partial charge in [0.25, 0.3) is 6.08 Å². The Balaban J connectivity index is 3.08. The SMILES string of the molecule is FC(F)=Cc1cccc(C(F)(F)F)c1. The van der Waals surface area contributed by atoms with Crippen molar-refractivity contribution in [1.82, 2.24) is 0 Å². The van der Waals surface area contributed by atoms with Gasteiger partial charge in [-0.25, -0.2) is 0 Å². The van der Waals surface area contributed by atoms with Crippen molar-refractivity contribution in [3.05, 3.63) is 41.5 Å². The maximum absolute atomic E-state index is 12.1. The summed E-state index contributed by atoms with van der Waals surface area (Å²) in [5.74, 6) is 0. The van der Waals surface area contributed by atoms with Crippen LogP contribution in [0.15, 0.2) is 30.3 Å². The third kappa shape index (κ3) is 2.83. The summed E-state index contributed by atoms with van der Waals surface area (Å²) < 4.78 is 59.7. The number of rotatable bonds is 1. The molecule has 0 atom stereocenters. The summed E-state index contributed by atoms with van der Waals surface area (Å²) >= 11 is 0. The van der Waals surface area contributed by atoms with Crippen molar-refractivity contribution in [2.75, 3.05) is 0 Å². The van der Waals surface area contributed by atoms with Crippen molar-refractivity contribution in [3.8, 4) is 0 Å². The van der Waals surface area contributed by atoms with E-state index >= 15 is 0 Å². The molecule has 0 saturated carbocycles. The summed E-state index contributed by atoms with van der Waals surface area (Å²) in [6.07, 6.45) is -6.14. The van der Waals surface area contributed by atoms with Crippen LogP contribution in [-0.2, 0) is 6.18 Å². The van der Waals surface area contributed by atoms with Gasteiger partial charge in [-0.1, -0.05) is 12.1 Å². The van der Waals surface area contributed by atoms with E-state index in [4.69, 9.17) is 0 Å². The third-order valence-corrected chi connectivity index (χ3v) is 1.49. The van der Waals surface area contributed by atoms with Gasteiger partial charge in [-0.2, -0.15) is 22.0 Å². The molecule has 0 heterocycles. The van der Waals surface area contributed by atoms with Crippen LogP contribution < -0.4 is 0 Å². The molecule has 0 fully saturated rings. The Morgan fingerprint density at radius 2 is 1.79 bits per heavy atom. The molecule has 0 aromatic heterocycles. The van der Waals surface area contributed by atoms with Crippen LogP contribution >= 0.6 is 0 Å². The maximum Gasteiger partial charge on any atom is 0.416 e. The maximum atomic E-state index is 12.1. The number of hydrogen-bond acceptors (Lipinski definition) is 0. The van der Waals surface area contributed by atoms with Crippen LogP contribution in [-0.4, -0.2) is 0 Å². The number of hydrogen-bond donors (Lipinski definition) is 0. The molecule has 1 rings (SSSR count). The van der Waals surface area contributed by atoms with Gasteiger partial charge in [-0.15, -0.1) is 0 Å². The summed E-state index contributed by atoms with van der Waals surface area (Å²) in [6.45, 7) is 0. The average molecular weight is 208 g/mol. The van der Waals surface area contributed by atoms with Gasteiger partial charge in [-0.05, 0) is 17.7 Å². The van der Waals surface area contributed by atoms with E-state index in [9.17, 15) is 22.0 Å². The van der Waals surface area contributed by atoms with Crippen molar-refractivity contribution in [1.29, 1.82) is 0 Å². The fourth-order valence-electron chi connectivity index (χ4n) is 0.931. The van der Waals surface area contributed by atoms with E-state index in [2.05, 4.69) is 0 Å². The lowest BCUT2D eigenvalue weighted by Gasteiger charge is -2.06. The summed E-state index contributed by atoms with van der Waals surface area (Å²) in [5, 5.41) is 0. The van der Waals surface area contributed by atoms with Crippen LogP contribution in [0.4, 0.5) is 22.0 Å². The second-order valence-corrected chi connectivity index (χ2v) is 2.56. The second-order valence-electron chi connectivity index (χ2n) is 2.56. The lowest BCUT2D eigenvalue weighted by Crippen LogP contribution is -2.04. The van der Waals surface area contributed by atoms with Crippen molar-refractivity contribution in [2.45, 2.75) is 6.18 Å². The molecule has 5 heteroatoms. The van der Waals surface area contributed by atoms with Gasteiger partial charge in [-0.3, -0.25) is 0 Å². The lowest BCUT2D eigenvalue weighted by atomic mass is 10.1. The Labute approximate surface area is 76.7 Å². The Morgan fingerprint density at radius 1 is 1.14 bits per heavy atom. The van der Waals surface area contributed by atoms with Crippen LogP contribution in [0.25, 0.3) is 6.08 Å². The molecule has 0 aliphatic heterocycles. The van der Waals surface area contributed by atoms with Crippen LogP contribution in [0.2, 0.25) is 0 Å². The topological polar surface area (TPSA) is 0 Å². The van der Waals surface area contributed by atoms with Gasteiger partial charge in [0.05, 0.1) is 5.56 Å². The Kier molecular flexibility index (Phi) is 2.88. The van der Waals surface area contributed by atoms with Crippen LogP contribution in [0, 0.1) is 0 Å². The van der Waals surface area contributed by atoms with Crippen molar-refractivity contribution in [3.63, 3.8) is 0 Å². The van der Waals surface area contributed by atoms with Crippen LogP contribution in [0.3, 0.4) is 0 Å². The highest BCUT2D eigenvalue weighted by molar-refractivity contribution is 5.51. The first-order valence-corrected chi connectivity index (χ1v) is 3.59. The van der Waals surface area contributed by atoms with Crippen LogP contribution in [0.1, 0.15) is 11.1 Å². The Bertz CT molecular complexity index is 346. The highest BCUT2D eigenvalue weighted by atomic mass is 19.4. The molecule has 0 aliphatic carbocycles. The molecule has 0 saturated heterocycles. The fourth-order valence-corrected chi connectivity index (χ4v) is 0.931. The number of halogens is 5. The smallest absolute Gasteiger partial charge is 0.173 e. The van der Waals surface area contributed by atoms with E-state index < -0.39 is 17.8 Å². The molecule has 14 heavy (non-hydrogen) atoms. The zero-order valence-corrected chi connectivity index (χ0v) is 6.78. The quantitative estimate of drug-likeness (QED) is 0.613. The second kappa shape index (κ2) is 3.77. The molecular formula is C9H5F5. The van der Waals surface area contributed by atoms with E-state index in [0.29, 0.717) is 12.1 Å². The van der Waals surface area contributed by atoms with E-state index in [1.807, 2.05) is 0 Å². The van der Waals surface area contributed by atoms with Crippen molar-refractivity contribution < 1.29 is 22.0 Å². The van der Waals surface area contributed by atoms with E-state index in [1.165, 1.54) is 6.07 Å². The highest BCUT2D eigenvalue weighted by Gasteiger charge is 2.30. The summed E-state index contributed by atoms with van der Waals surface area (Å²) in [6, 6.07) is 3.75. The number of alkyl halides is 3. The molecule has 0 amide bonds. The molecule has 1 aromatic carbocycles. The Morgan fingerprint density at radius 3 is 2.29 bits per heavy atom. The first-order chi connectivity index (χ1) is 6.39. The minimum atomic E-state index is -4.50. The van der Waals surface area contributed by atoms with E-state index in [-0.39, 0.29) is 5.56 Å². The molecule has 76 valence electrons. The van der Waals surface area contributed by atoms with E-state index in [1.54, 1.807) is 0 Å². The zero-order valence-electron chi connectivity index (χ0n) is 6.78. The van der Waals surface area contributed by atoms with Gasteiger partial charge in [0.15, 0.2) is 0 Å². The van der Waals surface area contributed by atoms with Gasteiger partial charge in [0.1, 0.15) is 0 Å². The third-order valence-electron chi connectivity index (χ3n) is 1.49. The van der Waals surface area contributed by atoms with Crippen molar-refractivity contribution in [2.24, 2.45) is 0 Å². The normalized spacial score (nSPS) is 11.2. The lowest BCUT2D eigenvalue weighted by molar-refractivity contribution is -0.137. The minimum absolute atomic E-state index is 0.167. The van der Waals surface area contributed by atoms with Crippen molar-refractivity contribution >= 4 is 6.08 Å². The monoisotopic (exact) mass is 208 g/mol. The summed E-state index contributed by atoms with van der Waals surface area (Å²) in [7, 11) is 0. The molecule has 0 bridgehead atoms.